The van der Waals surface area contributed by atoms with Crippen LogP contribution in [0.25, 0.3) is 0 Å². The maximum atomic E-state index is 13.1. The molecule has 0 heterocycles. The largest absolute Gasteiger partial charge is 0.388 e. The lowest BCUT2D eigenvalue weighted by atomic mass is 10.00. The molecule has 0 saturated heterocycles. The van der Waals surface area contributed by atoms with Crippen molar-refractivity contribution in [1.29, 1.82) is 0 Å². The van der Waals surface area contributed by atoms with Crippen LogP contribution in [-0.4, -0.2) is 5.11 Å². The summed E-state index contributed by atoms with van der Waals surface area (Å²) in [6.07, 6.45) is -0.405. The van der Waals surface area contributed by atoms with Gasteiger partial charge >= 0.3 is 0 Å². The molecule has 0 spiro atoms. The number of hydrogen-bond acceptors (Lipinski definition) is 1. The molecular formula is C15H13Cl2FO. The van der Waals surface area contributed by atoms with Gasteiger partial charge in [-0.2, -0.15) is 0 Å². The molecule has 100 valence electrons. The van der Waals surface area contributed by atoms with Gasteiger partial charge in [-0.15, -0.1) is 0 Å². The van der Waals surface area contributed by atoms with Gasteiger partial charge in [-0.3, -0.25) is 0 Å². The minimum atomic E-state index is -0.742. The Kier molecular flexibility index (Phi) is 4.46. The third kappa shape index (κ3) is 3.27. The predicted molar refractivity (Wildman–Crippen MR) is 76.3 cm³/mol. The van der Waals surface area contributed by atoms with Crippen LogP contribution in [0, 0.1) is 12.7 Å². The third-order valence-electron chi connectivity index (χ3n) is 2.99. The summed E-state index contributed by atoms with van der Waals surface area (Å²) < 4.78 is 13.1. The molecule has 2 aromatic rings. The van der Waals surface area contributed by atoms with Gasteiger partial charge in [-0.25, -0.2) is 4.39 Å². The number of aryl methyl sites for hydroxylation is 1. The molecule has 0 saturated carbocycles. The van der Waals surface area contributed by atoms with E-state index in [2.05, 4.69) is 0 Å². The quantitative estimate of drug-likeness (QED) is 0.869. The highest BCUT2D eigenvalue weighted by molar-refractivity contribution is 6.32. The second-order valence-electron chi connectivity index (χ2n) is 4.45. The molecular weight excluding hydrogens is 286 g/mol. The van der Waals surface area contributed by atoms with Gasteiger partial charge in [-0.1, -0.05) is 47.5 Å². The summed E-state index contributed by atoms with van der Waals surface area (Å²) in [6, 6.07) is 9.93. The van der Waals surface area contributed by atoms with E-state index in [1.807, 2.05) is 19.1 Å². The van der Waals surface area contributed by atoms with E-state index in [0.29, 0.717) is 17.0 Å². The third-order valence-corrected chi connectivity index (χ3v) is 3.80. The van der Waals surface area contributed by atoms with E-state index < -0.39 is 11.9 Å². The maximum Gasteiger partial charge on any atom is 0.141 e. The summed E-state index contributed by atoms with van der Waals surface area (Å²) in [5, 5.41) is 10.8. The highest BCUT2D eigenvalue weighted by Gasteiger charge is 2.14. The Hall–Kier alpha value is -1.09. The second-order valence-corrected chi connectivity index (χ2v) is 5.23. The van der Waals surface area contributed by atoms with Gasteiger partial charge in [0.2, 0.25) is 0 Å². The molecule has 0 fully saturated rings. The molecule has 4 heteroatoms. The van der Waals surface area contributed by atoms with E-state index in [9.17, 15) is 9.50 Å². The minimum absolute atomic E-state index is 0.0556. The highest BCUT2D eigenvalue weighted by atomic mass is 35.5. The molecule has 2 rings (SSSR count). The summed E-state index contributed by atoms with van der Waals surface area (Å²) in [7, 11) is 0. The fourth-order valence-electron chi connectivity index (χ4n) is 1.93. The molecule has 1 atom stereocenters. The zero-order valence-corrected chi connectivity index (χ0v) is 11.8. The normalized spacial score (nSPS) is 12.5. The van der Waals surface area contributed by atoms with Crippen LogP contribution in [0.5, 0.6) is 0 Å². The summed E-state index contributed by atoms with van der Waals surface area (Å²) in [6.45, 7) is 1.88. The molecule has 1 nitrogen and oxygen atoms in total. The predicted octanol–water partition coefficient (Wildman–Crippen LogP) is 4.72. The molecule has 0 aliphatic rings. The van der Waals surface area contributed by atoms with Crippen molar-refractivity contribution in [2.75, 3.05) is 0 Å². The first kappa shape index (κ1) is 14.3. The summed E-state index contributed by atoms with van der Waals surface area (Å²) in [5.41, 5.74) is 2.34. The van der Waals surface area contributed by atoms with Gasteiger partial charge in [0, 0.05) is 11.4 Å². The van der Waals surface area contributed by atoms with Crippen LogP contribution < -0.4 is 0 Å². The standard InChI is InChI=1S/C15H13Cl2FO/c1-9-3-2-4-11(15(9)17)14(19)8-10-5-6-13(18)12(16)7-10/h2-7,14,19H,8H2,1H3. The van der Waals surface area contributed by atoms with Crippen molar-refractivity contribution in [1.82, 2.24) is 0 Å². The molecule has 0 bridgehead atoms. The average molecular weight is 299 g/mol. The summed E-state index contributed by atoms with van der Waals surface area (Å²) in [5.74, 6) is -0.464. The van der Waals surface area contributed by atoms with Crippen LogP contribution in [0.15, 0.2) is 36.4 Å². The molecule has 0 aromatic heterocycles. The molecule has 1 N–H and O–H groups in total. The molecule has 0 amide bonds. The van der Waals surface area contributed by atoms with Crippen molar-refractivity contribution < 1.29 is 9.50 Å². The van der Waals surface area contributed by atoms with E-state index >= 15 is 0 Å². The van der Waals surface area contributed by atoms with Crippen LogP contribution in [0.2, 0.25) is 10.0 Å². The Bertz CT molecular complexity index is 599. The number of halogens is 3. The van der Waals surface area contributed by atoms with Crippen LogP contribution in [0.1, 0.15) is 22.8 Å². The van der Waals surface area contributed by atoms with Gasteiger partial charge in [0.15, 0.2) is 0 Å². The molecule has 1 unspecified atom stereocenters. The van der Waals surface area contributed by atoms with E-state index in [4.69, 9.17) is 23.2 Å². The maximum absolute atomic E-state index is 13.1. The van der Waals surface area contributed by atoms with Gasteiger partial charge in [0.05, 0.1) is 11.1 Å². The number of benzene rings is 2. The van der Waals surface area contributed by atoms with E-state index in [0.717, 1.165) is 11.1 Å². The van der Waals surface area contributed by atoms with Crippen molar-refractivity contribution in [3.63, 3.8) is 0 Å². The number of aliphatic hydroxyl groups is 1. The van der Waals surface area contributed by atoms with Gasteiger partial charge in [-0.05, 0) is 35.7 Å². The number of aliphatic hydroxyl groups excluding tert-OH is 1. The van der Waals surface area contributed by atoms with Gasteiger partial charge < -0.3 is 5.11 Å². The molecule has 0 radical (unpaired) electrons. The summed E-state index contributed by atoms with van der Waals surface area (Å²) >= 11 is 11.9. The van der Waals surface area contributed by atoms with Gasteiger partial charge in [0.1, 0.15) is 5.82 Å². The van der Waals surface area contributed by atoms with Crippen LogP contribution in [0.3, 0.4) is 0 Å². The first-order valence-electron chi connectivity index (χ1n) is 5.86. The Balaban J connectivity index is 2.23. The zero-order chi connectivity index (χ0) is 14.0. The topological polar surface area (TPSA) is 20.2 Å². The van der Waals surface area contributed by atoms with Crippen molar-refractivity contribution in [3.8, 4) is 0 Å². The van der Waals surface area contributed by atoms with Crippen molar-refractivity contribution in [3.05, 3.63) is 69.0 Å². The molecule has 2 aromatic carbocycles. The lowest BCUT2D eigenvalue weighted by Gasteiger charge is -2.14. The van der Waals surface area contributed by atoms with Crippen molar-refractivity contribution in [2.24, 2.45) is 0 Å². The lowest BCUT2D eigenvalue weighted by Crippen LogP contribution is -2.03. The first-order chi connectivity index (χ1) is 8.99. The number of rotatable bonds is 3. The Labute approximate surface area is 121 Å². The van der Waals surface area contributed by atoms with Crippen LogP contribution in [-0.2, 0) is 6.42 Å². The highest BCUT2D eigenvalue weighted by Crippen LogP contribution is 2.29. The SMILES string of the molecule is Cc1cccc(C(O)Cc2ccc(F)c(Cl)c2)c1Cl. The fourth-order valence-corrected chi connectivity index (χ4v) is 2.38. The van der Waals surface area contributed by atoms with Crippen LogP contribution in [0.4, 0.5) is 4.39 Å². The van der Waals surface area contributed by atoms with Crippen molar-refractivity contribution >= 4 is 23.2 Å². The molecule has 0 aliphatic heterocycles. The Morgan fingerprint density at radius 3 is 2.63 bits per heavy atom. The van der Waals surface area contributed by atoms with Gasteiger partial charge in [0.25, 0.3) is 0 Å². The fraction of sp³-hybridized carbons (Fsp3) is 0.200. The van der Waals surface area contributed by atoms with Crippen LogP contribution >= 0.6 is 23.2 Å². The molecule has 19 heavy (non-hydrogen) atoms. The van der Waals surface area contributed by atoms with E-state index in [1.165, 1.54) is 12.1 Å². The minimum Gasteiger partial charge on any atom is -0.388 e. The number of hydrogen-bond donors (Lipinski definition) is 1. The average Bonchev–Trinajstić information content (AvgIpc) is 2.37. The lowest BCUT2D eigenvalue weighted by molar-refractivity contribution is 0.178. The smallest absolute Gasteiger partial charge is 0.141 e. The Morgan fingerprint density at radius 2 is 1.95 bits per heavy atom. The Morgan fingerprint density at radius 1 is 1.21 bits per heavy atom. The molecule has 0 aliphatic carbocycles. The first-order valence-corrected chi connectivity index (χ1v) is 6.61. The monoisotopic (exact) mass is 298 g/mol. The van der Waals surface area contributed by atoms with E-state index in [1.54, 1.807) is 12.1 Å². The summed E-state index contributed by atoms with van der Waals surface area (Å²) in [4.78, 5) is 0. The van der Waals surface area contributed by atoms with E-state index in [-0.39, 0.29) is 5.02 Å². The second kappa shape index (κ2) is 5.91. The van der Waals surface area contributed by atoms with Crippen molar-refractivity contribution in [2.45, 2.75) is 19.4 Å². The zero-order valence-electron chi connectivity index (χ0n) is 10.3.